The van der Waals surface area contributed by atoms with Gasteiger partial charge in [-0.25, -0.2) is 9.37 Å². The lowest BCUT2D eigenvalue weighted by atomic mass is 10.0. The van der Waals surface area contributed by atoms with Crippen LogP contribution in [0.2, 0.25) is 0 Å². The van der Waals surface area contributed by atoms with Gasteiger partial charge in [0.25, 0.3) is 0 Å². The molecule has 0 N–H and O–H groups in total. The minimum atomic E-state index is -0.411. The van der Waals surface area contributed by atoms with Crippen LogP contribution in [0, 0.1) is 5.82 Å². The smallest absolute Gasteiger partial charge is 0.224 e. The Kier molecular flexibility index (Phi) is 4.27. The van der Waals surface area contributed by atoms with E-state index in [4.69, 9.17) is 4.74 Å². The highest BCUT2D eigenvalue weighted by molar-refractivity contribution is 9.10. The summed E-state index contributed by atoms with van der Waals surface area (Å²) in [5, 5.41) is 0. The molecule has 1 aromatic carbocycles. The first-order chi connectivity index (χ1) is 9.11. The minimum absolute atomic E-state index is 0.0266. The first kappa shape index (κ1) is 13.7. The molecule has 2 rings (SSSR count). The maximum absolute atomic E-state index is 13.7. The fourth-order valence-electron chi connectivity index (χ4n) is 1.70. The van der Waals surface area contributed by atoms with Crippen molar-refractivity contribution in [1.29, 1.82) is 0 Å². The van der Waals surface area contributed by atoms with E-state index in [0.717, 1.165) is 0 Å². The van der Waals surface area contributed by atoms with Crippen molar-refractivity contribution in [2.75, 3.05) is 7.11 Å². The Balaban J connectivity index is 2.26. The normalized spacial score (nSPS) is 10.3. The quantitative estimate of drug-likeness (QED) is 0.809. The Hall–Kier alpha value is -1.75. The van der Waals surface area contributed by atoms with Crippen molar-refractivity contribution >= 4 is 21.7 Å². The average Bonchev–Trinajstić information content (AvgIpc) is 2.41. The summed E-state index contributed by atoms with van der Waals surface area (Å²) < 4.78 is 19.3. The Morgan fingerprint density at radius 1 is 1.42 bits per heavy atom. The molecular weight excluding hydrogens is 313 g/mol. The zero-order valence-corrected chi connectivity index (χ0v) is 11.8. The Morgan fingerprint density at radius 3 is 2.89 bits per heavy atom. The van der Waals surface area contributed by atoms with Gasteiger partial charge in [0.05, 0.1) is 12.7 Å². The number of methoxy groups -OCH3 is 1. The standard InChI is InChI=1S/C14H11BrFNO2/c1-19-14-11(3-2-6-17-14)13(18)7-9-4-5-10(15)8-12(9)16/h2-6,8H,7H2,1H3. The van der Waals surface area contributed by atoms with E-state index in [1.807, 2.05) is 0 Å². The molecule has 1 aromatic heterocycles. The van der Waals surface area contributed by atoms with E-state index in [0.29, 0.717) is 15.6 Å². The number of carbonyl (C=O) groups is 1. The van der Waals surface area contributed by atoms with Crippen LogP contribution in [0.1, 0.15) is 15.9 Å². The van der Waals surface area contributed by atoms with Gasteiger partial charge in [0.2, 0.25) is 5.88 Å². The number of hydrogen-bond acceptors (Lipinski definition) is 3. The second-order valence-electron chi connectivity index (χ2n) is 3.90. The summed E-state index contributed by atoms with van der Waals surface area (Å²) in [6, 6.07) is 7.88. The van der Waals surface area contributed by atoms with E-state index < -0.39 is 5.82 Å². The molecule has 0 saturated heterocycles. The van der Waals surface area contributed by atoms with E-state index in [1.54, 1.807) is 24.3 Å². The summed E-state index contributed by atoms with van der Waals surface area (Å²) in [6.07, 6.45) is 1.51. The van der Waals surface area contributed by atoms with Gasteiger partial charge in [-0.15, -0.1) is 0 Å². The number of benzene rings is 1. The maximum atomic E-state index is 13.7. The average molecular weight is 324 g/mol. The van der Waals surface area contributed by atoms with Crippen molar-refractivity contribution in [2.45, 2.75) is 6.42 Å². The Bertz CT molecular complexity index is 616. The lowest BCUT2D eigenvalue weighted by Gasteiger charge is -2.07. The number of Topliss-reactive ketones (excluding diaryl/α,β-unsaturated/α-hetero) is 1. The summed E-state index contributed by atoms with van der Waals surface area (Å²) in [7, 11) is 1.44. The molecule has 19 heavy (non-hydrogen) atoms. The molecule has 0 spiro atoms. The van der Waals surface area contributed by atoms with Crippen LogP contribution < -0.4 is 4.74 Å². The molecule has 0 fully saturated rings. The molecule has 0 radical (unpaired) electrons. The van der Waals surface area contributed by atoms with Crippen LogP contribution in [0.4, 0.5) is 4.39 Å². The zero-order valence-electron chi connectivity index (χ0n) is 10.2. The number of carbonyl (C=O) groups excluding carboxylic acids is 1. The fraction of sp³-hybridized carbons (Fsp3) is 0.143. The molecule has 3 nitrogen and oxygen atoms in total. The summed E-state index contributed by atoms with van der Waals surface area (Å²) in [6.45, 7) is 0. The Labute approximate surface area is 118 Å². The number of nitrogens with zero attached hydrogens (tertiary/aromatic N) is 1. The first-order valence-electron chi connectivity index (χ1n) is 5.58. The van der Waals surface area contributed by atoms with E-state index in [2.05, 4.69) is 20.9 Å². The summed E-state index contributed by atoms with van der Waals surface area (Å²) in [5.74, 6) is -0.387. The molecule has 0 bridgehead atoms. The molecule has 0 amide bonds. The second-order valence-corrected chi connectivity index (χ2v) is 4.81. The molecular formula is C14H11BrFNO2. The number of ketones is 1. The predicted molar refractivity (Wildman–Crippen MR) is 72.9 cm³/mol. The second kappa shape index (κ2) is 5.93. The summed E-state index contributed by atoms with van der Waals surface area (Å²) >= 11 is 3.18. The predicted octanol–water partition coefficient (Wildman–Crippen LogP) is 3.42. The third-order valence-corrected chi connectivity index (χ3v) is 3.12. The monoisotopic (exact) mass is 323 g/mol. The van der Waals surface area contributed by atoms with Crippen molar-refractivity contribution in [2.24, 2.45) is 0 Å². The van der Waals surface area contributed by atoms with Crippen LogP contribution >= 0.6 is 15.9 Å². The Morgan fingerprint density at radius 2 is 2.21 bits per heavy atom. The van der Waals surface area contributed by atoms with Crippen LogP contribution in [0.15, 0.2) is 41.0 Å². The summed E-state index contributed by atoms with van der Waals surface area (Å²) in [4.78, 5) is 16.1. The lowest BCUT2D eigenvalue weighted by molar-refractivity contribution is 0.0988. The van der Waals surface area contributed by atoms with Gasteiger partial charge in [0.15, 0.2) is 5.78 Å². The van der Waals surface area contributed by atoms with Crippen molar-refractivity contribution in [1.82, 2.24) is 4.98 Å². The van der Waals surface area contributed by atoms with E-state index >= 15 is 0 Å². The first-order valence-corrected chi connectivity index (χ1v) is 6.37. The molecule has 0 aliphatic rings. The van der Waals surface area contributed by atoms with Gasteiger partial charge in [-0.2, -0.15) is 0 Å². The number of halogens is 2. The summed E-state index contributed by atoms with van der Waals surface area (Å²) in [5.41, 5.74) is 0.700. The maximum Gasteiger partial charge on any atom is 0.224 e. The zero-order chi connectivity index (χ0) is 13.8. The fourth-order valence-corrected chi connectivity index (χ4v) is 2.03. The van der Waals surface area contributed by atoms with Gasteiger partial charge in [0, 0.05) is 17.1 Å². The molecule has 0 aliphatic heterocycles. The molecule has 0 saturated carbocycles. The van der Waals surface area contributed by atoms with Gasteiger partial charge in [-0.3, -0.25) is 4.79 Å². The third-order valence-electron chi connectivity index (χ3n) is 2.63. The van der Waals surface area contributed by atoms with Crippen LogP contribution in [-0.2, 0) is 6.42 Å². The van der Waals surface area contributed by atoms with Crippen LogP contribution in [0.5, 0.6) is 5.88 Å². The van der Waals surface area contributed by atoms with Crippen LogP contribution in [-0.4, -0.2) is 17.9 Å². The van der Waals surface area contributed by atoms with E-state index in [9.17, 15) is 9.18 Å². The SMILES string of the molecule is COc1ncccc1C(=O)Cc1ccc(Br)cc1F. The molecule has 0 atom stereocenters. The number of ether oxygens (including phenoxy) is 1. The minimum Gasteiger partial charge on any atom is -0.480 e. The van der Waals surface area contributed by atoms with Gasteiger partial charge in [-0.1, -0.05) is 22.0 Å². The number of hydrogen-bond donors (Lipinski definition) is 0. The molecule has 2 aromatic rings. The number of rotatable bonds is 4. The highest BCUT2D eigenvalue weighted by Crippen LogP contribution is 2.20. The highest BCUT2D eigenvalue weighted by Gasteiger charge is 2.15. The number of pyridine rings is 1. The number of aromatic nitrogens is 1. The van der Waals surface area contributed by atoms with Crippen LogP contribution in [0.3, 0.4) is 0 Å². The van der Waals surface area contributed by atoms with E-state index in [-0.39, 0.29) is 18.1 Å². The van der Waals surface area contributed by atoms with Crippen LogP contribution in [0.25, 0.3) is 0 Å². The molecule has 5 heteroatoms. The molecule has 0 aliphatic carbocycles. The van der Waals surface area contributed by atoms with E-state index in [1.165, 1.54) is 19.4 Å². The third kappa shape index (κ3) is 3.17. The van der Waals surface area contributed by atoms with Crippen molar-refractivity contribution in [3.05, 3.63) is 57.9 Å². The highest BCUT2D eigenvalue weighted by atomic mass is 79.9. The van der Waals surface area contributed by atoms with Crippen molar-refractivity contribution < 1.29 is 13.9 Å². The van der Waals surface area contributed by atoms with Gasteiger partial charge in [-0.05, 0) is 29.8 Å². The van der Waals surface area contributed by atoms with Gasteiger partial charge >= 0.3 is 0 Å². The molecule has 1 heterocycles. The molecule has 0 unspecified atom stereocenters. The molecule has 98 valence electrons. The van der Waals surface area contributed by atoms with Gasteiger partial charge in [0.1, 0.15) is 5.82 Å². The van der Waals surface area contributed by atoms with Gasteiger partial charge < -0.3 is 4.74 Å². The lowest BCUT2D eigenvalue weighted by Crippen LogP contribution is -2.08. The largest absolute Gasteiger partial charge is 0.480 e. The van der Waals surface area contributed by atoms with Crippen molar-refractivity contribution in [3.63, 3.8) is 0 Å². The van der Waals surface area contributed by atoms with Crippen molar-refractivity contribution in [3.8, 4) is 5.88 Å². The topological polar surface area (TPSA) is 39.2 Å².